The van der Waals surface area contributed by atoms with Crippen molar-refractivity contribution in [3.8, 4) is 0 Å². The fourth-order valence-corrected chi connectivity index (χ4v) is 2.64. The van der Waals surface area contributed by atoms with Crippen LogP contribution in [-0.4, -0.2) is 29.6 Å². The first kappa shape index (κ1) is 22.7. The van der Waals surface area contributed by atoms with Gasteiger partial charge >= 0.3 is 5.97 Å². The summed E-state index contributed by atoms with van der Waals surface area (Å²) in [5.41, 5.74) is 0.680. The average molecular weight is 365 g/mol. The van der Waals surface area contributed by atoms with E-state index < -0.39 is 11.2 Å². The van der Waals surface area contributed by atoms with E-state index in [1.165, 1.54) is 5.56 Å². The summed E-state index contributed by atoms with van der Waals surface area (Å²) in [5.74, 6) is -1.16. The van der Waals surface area contributed by atoms with Gasteiger partial charge in [-0.25, -0.2) is 0 Å². The lowest BCUT2D eigenvalue weighted by atomic mass is 9.94. The molecule has 0 aliphatic rings. The monoisotopic (exact) mass is 364 g/mol. The third-order valence-corrected chi connectivity index (χ3v) is 4.81. The molecule has 0 fully saturated rings. The topological polar surface area (TPSA) is 55.8 Å². The van der Waals surface area contributed by atoms with E-state index in [4.69, 9.17) is 9.47 Å². The molecule has 0 spiro atoms. The number of benzene rings is 1. The molecule has 2 unspecified atom stereocenters. The molecule has 148 valence electrons. The van der Waals surface area contributed by atoms with Crippen LogP contribution in [0.25, 0.3) is 0 Å². The third-order valence-electron chi connectivity index (χ3n) is 4.81. The van der Waals surface area contributed by atoms with E-state index >= 15 is 0 Å². The largest absolute Gasteiger partial charge is 0.465 e. The Morgan fingerprint density at radius 1 is 1.12 bits per heavy atom. The summed E-state index contributed by atoms with van der Waals surface area (Å²) in [5, 5.41) is 10.6. The van der Waals surface area contributed by atoms with E-state index in [0.717, 1.165) is 6.42 Å². The van der Waals surface area contributed by atoms with Gasteiger partial charge in [-0.1, -0.05) is 51.1 Å². The van der Waals surface area contributed by atoms with Crippen LogP contribution in [0.2, 0.25) is 0 Å². The minimum absolute atomic E-state index is 0.143. The zero-order valence-corrected chi connectivity index (χ0v) is 17.2. The highest BCUT2D eigenvalue weighted by Crippen LogP contribution is 2.26. The van der Waals surface area contributed by atoms with Crippen molar-refractivity contribution in [2.45, 2.75) is 79.1 Å². The molecule has 0 radical (unpaired) electrons. The summed E-state index contributed by atoms with van der Waals surface area (Å²) in [7, 11) is 0. The minimum atomic E-state index is -1.12. The Labute approximate surface area is 158 Å². The van der Waals surface area contributed by atoms with Crippen molar-refractivity contribution in [2.75, 3.05) is 6.61 Å². The molecular formula is C22H36O4. The number of rotatable bonds is 10. The molecule has 2 atom stereocenters. The Morgan fingerprint density at radius 3 is 2.19 bits per heavy atom. The second kappa shape index (κ2) is 10.1. The summed E-state index contributed by atoms with van der Waals surface area (Å²) >= 11 is 0. The van der Waals surface area contributed by atoms with E-state index in [1.54, 1.807) is 0 Å². The lowest BCUT2D eigenvalue weighted by Crippen LogP contribution is -2.39. The fourth-order valence-electron chi connectivity index (χ4n) is 2.64. The van der Waals surface area contributed by atoms with Gasteiger partial charge in [-0.3, -0.25) is 4.79 Å². The van der Waals surface area contributed by atoms with Crippen molar-refractivity contribution in [1.29, 1.82) is 0 Å². The molecule has 0 aromatic heterocycles. The van der Waals surface area contributed by atoms with Crippen molar-refractivity contribution < 1.29 is 19.4 Å². The fraction of sp³-hybridized carbons (Fsp3) is 0.682. The third kappa shape index (κ3) is 7.46. The summed E-state index contributed by atoms with van der Waals surface area (Å²) in [4.78, 5) is 11.9. The van der Waals surface area contributed by atoms with Crippen LogP contribution in [0.5, 0.6) is 0 Å². The molecule has 0 saturated carbocycles. The molecule has 1 aromatic rings. The number of esters is 1. The second-order valence-corrected chi connectivity index (χ2v) is 8.15. The highest BCUT2D eigenvalue weighted by Gasteiger charge is 2.31. The van der Waals surface area contributed by atoms with Crippen LogP contribution in [0.15, 0.2) is 30.3 Å². The number of hydrogen-bond acceptors (Lipinski definition) is 4. The summed E-state index contributed by atoms with van der Waals surface area (Å²) < 4.78 is 11.5. The Balaban J connectivity index is 2.74. The number of hydrogen-bond donors (Lipinski definition) is 1. The van der Waals surface area contributed by atoms with Crippen LogP contribution in [0.4, 0.5) is 0 Å². The molecule has 0 amide bonds. The predicted octanol–water partition coefficient (Wildman–Crippen LogP) is 4.74. The van der Waals surface area contributed by atoms with Gasteiger partial charge in [0, 0.05) is 0 Å². The normalized spacial score (nSPS) is 14.7. The van der Waals surface area contributed by atoms with Crippen LogP contribution in [0.3, 0.4) is 0 Å². The van der Waals surface area contributed by atoms with Crippen LogP contribution in [0, 0.1) is 11.3 Å². The number of carbonyl (C=O) groups is 1. The molecule has 1 N–H and O–H groups in total. The van der Waals surface area contributed by atoms with Gasteiger partial charge < -0.3 is 14.6 Å². The van der Waals surface area contributed by atoms with Crippen molar-refractivity contribution in [1.82, 2.24) is 0 Å². The van der Waals surface area contributed by atoms with E-state index in [1.807, 2.05) is 52.8 Å². The van der Waals surface area contributed by atoms with Crippen LogP contribution in [0.1, 0.15) is 66.4 Å². The number of aliphatic hydroxyl groups is 1. The smallest absolute Gasteiger partial charge is 0.311 e. The van der Waals surface area contributed by atoms with E-state index in [-0.39, 0.29) is 18.0 Å². The molecule has 0 heterocycles. The molecule has 0 bridgehead atoms. The molecule has 1 rings (SSSR count). The van der Waals surface area contributed by atoms with E-state index in [9.17, 15) is 9.90 Å². The van der Waals surface area contributed by atoms with Gasteiger partial charge in [-0.15, -0.1) is 0 Å². The van der Waals surface area contributed by atoms with Crippen LogP contribution in [-0.2, 0) is 20.7 Å². The predicted molar refractivity (Wildman–Crippen MR) is 105 cm³/mol. The molecule has 26 heavy (non-hydrogen) atoms. The second-order valence-electron chi connectivity index (χ2n) is 8.15. The maximum absolute atomic E-state index is 11.9. The van der Waals surface area contributed by atoms with Crippen LogP contribution < -0.4 is 0 Å². The average Bonchev–Trinajstić information content (AvgIpc) is 2.60. The Morgan fingerprint density at radius 2 is 1.69 bits per heavy atom. The Bertz CT molecular complexity index is 529. The van der Waals surface area contributed by atoms with E-state index in [0.29, 0.717) is 25.9 Å². The van der Waals surface area contributed by atoms with Crippen LogP contribution >= 0.6 is 0 Å². The summed E-state index contributed by atoms with van der Waals surface area (Å²) in [6.07, 6.45) is 2.36. The first-order valence-corrected chi connectivity index (χ1v) is 9.72. The summed E-state index contributed by atoms with van der Waals surface area (Å²) in [6, 6.07) is 10.1. The van der Waals surface area contributed by atoms with Gasteiger partial charge in [-0.05, 0) is 57.9 Å². The van der Waals surface area contributed by atoms with Gasteiger partial charge in [0.25, 0.3) is 0 Å². The quantitative estimate of drug-likeness (QED) is 0.481. The first-order chi connectivity index (χ1) is 12.1. The van der Waals surface area contributed by atoms with Gasteiger partial charge in [0.1, 0.15) is 0 Å². The number of carbonyl (C=O) groups excluding carboxylic acids is 1. The molecule has 4 nitrogen and oxygen atoms in total. The Kier molecular flexibility index (Phi) is 8.78. The zero-order valence-electron chi connectivity index (χ0n) is 17.2. The maximum atomic E-state index is 11.9. The highest BCUT2D eigenvalue weighted by molar-refractivity contribution is 5.75. The van der Waals surface area contributed by atoms with Crippen molar-refractivity contribution in [2.24, 2.45) is 11.3 Å². The molecule has 0 aliphatic heterocycles. The van der Waals surface area contributed by atoms with Gasteiger partial charge in [-0.2, -0.15) is 0 Å². The minimum Gasteiger partial charge on any atom is -0.465 e. The van der Waals surface area contributed by atoms with Crippen molar-refractivity contribution in [3.05, 3.63) is 35.9 Å². The SMILES string of the molecule is CCC(O)(CC)OC(Cc1ccccc1)C(C)CCOC(=O)C(C)(C)C. The van der Waals surface area contributed by atoms with Gasteiger partial charge in [0.05, 0.1) is 18.1 Å². The molecule has 0 aliphatic carbocycles. The maximum Gasteiger partial charge on any atom is 0.311 e. The standard InChI is InChI=1S/C22H36O4/c1-7-22(24,8-2)26-19(16-18-12-10-9-11-13-18)17(3)14-15-25-20(23)21(4,5)6/h9-13,17,19,24H,7-8,14-16H2,1-6H3. The van der Waals surface area contributed by atoms with Gasteiger partial charge in [0.15, 0.2) is 5.79 Å². The lowest BCUT2D eigenvalue weighted by Gasteiger charge is -2.34. The molecule has 1 aromatic carbocycles. The van der Waals surface area contributed by atoms with Crippen molar-refractivity contribution in [3.63, 3.8) is 0 Å². The molecular weight excluding hydrogens is 328 g/mol. The molecule has 0 saturated heterocycles. The van der Waals surface area contributed by atoms with Gasteiger partial charge in [0.2, 0.25) is 0 Å². The first-order valence-electron chi connectivity index (χ1n) is 9.72. The van der Waals surface area contributed by atoms with E-state index in [2.05, 4.69) is 19.1 Å². The number of ether oxygens (including phenoxy) is 2. The molecule has 4 heteroatoms. The highest BCUT2D eigenvalue weighted by atomic mass is 16.6. The summed E-state index contributed by atoms with van der Waals surface area (Å²) in [6.45, 7) is 11.9. The zero-order chi connectivity index (χ0) is 19.8. The lowest BCUT2D eigenvalue weighted by molar-refractivity contribution is -0.242. The van der Waals surface area contributed by atoms with Crippen molar-refractivity contribution >= 4 is 5.97 Å². The Hall–Kier alpha value is -1.39.